The van der Waals surface area contributed by atoms with E-state index >= 15 is 0 Å². The fourth-order valence-corrected chi connectivity index (χ4v) is 5.45. The lowest BCUT2D eigenvalue weighted by atomic mass is 9.86. The lowest BCUT2D eigenvalue weighted by Crippen LogP contribution is -2.48. The van der Waals surface area contributed by atoms with Crippen molar-refractivity contribution >= 4 is 5.91 Å². The summed E-state index contributed by atoms with van der Waals surface area (Å²) in [5.41, 5.74) is 7.65. The molecule has 3 aliphatic heterocycles. The number of likely N-dealkylation sites (tertiary alicyclic amines) is 2. The molecule has 30 heavy (non-hydrogen) atoms. The Morgan fingerprint density at radius 1 is 1.23 bits per heavy atom. The van der Waals surface area contributed by atoms with Crippen LogP contribution in [0.4, 0.5) is 4.39 Å². The number of hydrogen-bond donors (Lipinski definition) is 2. The molecule has 3 aliphatic rings. The highest BCUT2D eigenvalue weighted by Gasteiger charge is 2.46. The van der Waals surface area contributed by atoms with Crippen LogP contribution in [-0.4, -0.2) is 60.1 Å². The number of amides is 1. The highest BCUT2D eigenvalue weighted by Crippen LogP contribution is 2.41. The van der Waals surface area contributed by atoms with Crippen molar-refractivity contribution in [1.29, 1.82) is 0 Å². The standard InChI is InChI=1S/C24H41FN4O/c1-5-19(14-18(2)15-23(3,4)25)21(26)28-12-9-24(16-28)10-13-29(17-24)22(30)20-8-6-7-11-27-20/h14,20,27H,5-13,15-17,26H2,1-4H3/b18-14+,21-19-. The van der Waals surface area contributed by atoms with Crippen molar-refractivity contribution in [2.75, 3.05) is 32.7 Å². The normalized spacial score (nSPS) is 29.0. The molecule has 0 aromatic heterocycles. The van der Waals surface area contributed by atoms with Gasteiger partial charge in [-0.3, -0.25) is 4.79 Å². The van der Waals surface area contributed by atoms with Gasteiger partial charge in [0.15, 0.2) is 0 Å². The van der Waals surface area contributed by atoms with E-state index in [0.717, 1.165) is 81.8 Å². The van der Waals surface area contributed by atoms with Gasteiger partial charge in [-0.25, -0.2) is 4.39 Å². The molecular formula is C24H41FN4O. The summed E-state index contributed by atoms with van der Waals surface area (Å²) in [5.74, 6) is 1.11. The second-order valence-electron chi connectivity index (χ2n) is 10.3. The van der Waals surface area contributed by atoms with Crippen molar-refractivity contribution < 1.29 is 9.18 Å². The van der Waals surface area contributed by atoms with Crippen LogP contribution in [0, 0.1) is 5.41 Å². The van der Waals surface area contributed by atoms with Gasteiger partial charge in [0.25, 0.3) is 0 Å². The minimum absolute atomic E-state index is 0.0101. The number of carbonyl (C=O) groups excluding carboxylic acids is 1. The Kier molecular flexibility index (Phi) is 7.16. The predicted octanol–water partition coefficient (Wildman–Crippen LogP) is 3.72. The second kappa shape index (κ2) is 9.29. The fourth-order valence-electron chi connectivity index (χ4n) is 5.45. The molecule has 5 nitrogen and oxygen atoms in total. The van der Waals surface area contributed by atoms with Gasteiger partial charge in [0, 0.05) is 38.0 Å². The number of alkyl halides is 1. The number of halogens is 1. The largest absolute Gasteiger partial charge is 0.385 e. The van der Waals surface area contributed by atoms with E-state index in [2.05, 4.69) is 28.1 Å². The summed E-state index contributed by atoms with van der Waals surface area (Å²) in [6, 6.07) is 0.0101. The first-order valence-corrected chi connectivity index (χ1v) is 11.7. The summed E-state index contributed by atoms with van der Waals surface area (Å²) in [5, 5.41) is 3.40. The quantitative estimate of drug-likeness (QED) is 0.643. The van der Waals surface area contributed by atoms with Gasteiger partial charge >= 0.3 is 0 Å². The molecule has 6 heteroatoms. The number of nitrogens with two attached hydrogens (primary N) is 1. The van der Waals surface area contributed by atoms with E-state index in [0.29, 0.717) is 6.42 Å². The number of piperidine rings is 1. The van der Waals surface area contributed by atoms with E-state index in [-0.39, 0.29) is 17.4 Å². The summed E-state index contributed by atoms with van der Waals surface area (Å²) in [6.45, 7) is 11.8. The van der Waals surface area contributed by atoms with Crippen molar-refractivity contribution in [2.24, 2.45) is 11.1 Å². The van der Waals surface area contributed by atoms with Crippen LogP contribution >= 0.6 is 0 Å². The zero-order valence-electron chi connectivity index (χ0n) is 19.4. The van der Waals surface area contributed by atoms with E-state index in [1.54, 1.807) is 13.8 Å². The van der Waals surface area contributed by atoms with Crippen LogP contribution in [0.25, 0.3) is 0 Å². The van der Waals surface area contributed by atoms with E-state index in [1.807, 2.05) is 6.92 Å². The van der Waals surface area contributed by atoms with Crippen molar-refractivity contribution in [3.63, 3.8) is 0 Å². The lowest BCUT2D eigenvalue weighted by Gasteiger charge is -2.29. The summed E-state index contributed by atoms with van der Waals surface area (Å²) in [6.07, 6.45) is 8.73. The smallest absolute Gasteiger partial charge is 0.239 e. The molecule has 0 aromatic carbocycles. The third-order valence-electron chi connectivity index (χ3n) is 6.97. The maximum absolute atomic E-state index is 14.0. The third-order valence-corrected chi connectivity index (χ3v) is 6.97. The number of nitrogens with zero attached hydrogens (tertiary/aromatic N) is 2. The maximum atomic E-state index is 14.0. The number of allylic oxidation sites excluding steroid dienone is 3. The van der Waals surface area contributed by atoms with Crippen LogP contribution in [-0.2, 0) is 4.79 Å². The maximum Gasteiger partial charge on any atom is 0.239 e. The average molecular weight is 421 g/mol. The molecule has 0 saturated carbocycles. The van der Waals surface area contributed by atoms with Crippen LogP contribution in [0.2, 0.25) is 0 Å². The number of rotatable bonds is 6. The van der Waals surface area contributed by atoms with Gasteiger partial charge in [0.1, 0.15) is 11.5 Å². The first-order valence-electron chi connectivity index (χ1n) is 11.7. The molecule has 3 N–H and O–H groups in total. The van der Waals surface area contributed by atoms with Gasteiger partial charge in [0.05, 0.1) is 6.04 Å². The molecule has 3 rings (SSSR count). The van der Waals surface area contributed by atoms with Crippen molar-refractivity contribution in [3.8, 4) is 0 Å². The molecule has 3 saturated heterocycles. The Labute approximate surface area is 181 Å². The van der Waals surface area contributed by atoms with Gasteiger partial charge in [0.2, 0.25) is 5.91 Å². The van der Waals surface area contributed by atoms with E-state index in [1.165, 1.54) is 6.42 Å². The Hall–Kier alpha value is -1.56. The molecule has 2 atom stereocenters. The summed E-state index contributed by atoms with van der Waals surface area (Å²) in [4.78, 5) is 17.3. The zero-order valence-corrected chi connectivity index (χ0v) is 19.4. The molecule has 0 aliphatic carbocycles. The van der Waals surface area contributed by atoms with E-state index < -0.39 is 5.67 Å². The van der Waals surface area contributed by atoms with Crippen molar-refractivity contribution in [3.05, 3.63) is 23.0 Å². The summed E-state index contributed by atoms with van der Waals surface area (Å²) < 4.78 is 14.0. The minimum atomic E-state index is -1.21. The van der Waals surface area contributed by atoms with Crippen LogP contribution in [0.5, 0.6) is 0 Å². The van der Waals surface area contributed by atoms with Crippen molar-refractivity contribution in [1.82, 2.24) is 15.1 Å². The first kappa shape index (κ1) is 23.1. The van der Waals surface area contributed by atoms with Crippen LogP contribution in [0.15, 0.2) is 23.0 Å². The van der Waals surface area contributed by atoms with Gasteiger partial charge in [-0.2, -0.15) is 0 Å². The van der Waals surface area contributed by atoms with Gasteiger partial charge in [-0.15, -0.1) is 0 Å². The first-order chi connectivity index (χ1) is 14.1. The second-order valence-corrected chi connectivity index (χ2v) is 10.3. The van der Waals surface area contributed by atoms with Crippen molar-refractivity contribution in [2.45, 2.75) is 84.4 Å². The molecule has 170 valence electrons. The third kappa shape index (κ3) is 5.57. The number of hydrogen-bond acceptors (Lipinski definition) is 4. The topological polar surface area (TPSA) is 61.6 Å². The summed E-state index contributed by atoms with van der Waals surface area (Å²) >= 11 is 0. The minimum Gasteiger partial charge on any atom is -0.385 e. The Morgan fingerprint density at radius 3 is 2.50 bits per heavy atom. The predicted molar refractivity (Wildman–Crippen MR) is 121 cm³/mol. The molecule has 0 aromatic rings. The molecule has 1 amide bonds. The number of carbonyl (C=O) groups is 1. The SMILES string of the molecule is CCC(/C=C(\C)CC(C)(C)F)=C(\N)N1CCC2(CCN(C(=O)C3CCCCN3)C2)C1. The highest BCUT2D eigenvalue weighted by molar-refractivity contribution is 5.82. The Bertz CT molecular complexity index is 690. The average Bonchev–Trinajstić information content (AvgIpc) is 3.31. The molecule has 3 heterocycles. The molecule has 3 fully saturated rings. The van der Waals surface area contributed by atoms with E-state index in [9.17, 15) is 9.18 Å². The molecule has 0 bridgehead atoms. The highest BCUT2D eigenvalue weighted by atomic mass is 19.1. The lowest BCUT2D eigenvalue weighted by molar-refractivity contribution is -0.133. The van der Waals surface area contributed by atoms with Gasteiger partial charge in [-0.1, -0.05) is 25.0 Å². The molecule has 2 unspecified atom stereocenters. The number of nitrogens with one attached hydrogen (secondary N) is 1. The fraction of sp³-hybridized carbons (Fsp3) is 0.792. The van der Waals surface area contributed by atoms with Crippen LogP contribution in [0.1, 0.15) is 72.6 Å². The monoisotopic (exact) mass is 420 g/mol. The van der Waals surface area contributed by atoms with Gasteiger partial charge in [-0.05, 0) is 65.0 Å². The summed E-state index contributed by atoms with van der Waals surface area (Å²) in [7, 11) is 0. The van der Waals surface area contributed by atoms with Gasteiger partial charge < -0.3 is 20.9 Å². The van der Waals surface area contributed by atoms with Crippen LogP contribution < -0.4 is 11.1 Å². The van der Waals surface area contributed by atoms with Crippen LogP contribution in [0.3, 0.4) is 0 Å². The zero-order chi connectivity index (χ0) is 21.9. The molecule has 0 radical (unpaired) electrons. The Balaban J connectivity index is 1.64. The molecule has 1 spiro atoms. The Morgan fingerprint density at radius 2 is 1.90 bits per heavy atom. The van der Waals surface area contributed by atoms with E-state index in [4.69, 9.17) is 5.73 Å². The molecular weight excluding hydrogens is 379 g/mol.